The molecular formula is C18H18N2O2. The summed E-state index contributed by atoms with van der Waals surface area (Å²) in [7, 11) is 3.53. The minimum atomic E-state index is 0.563. The minimum Gasteiger partial charge on any atom is -0.493 e. The summed E-state index contributed by atoms with van der Waals surface area (Å²) in [6.45, 7) is 0.563. The Balaban J connectivity index is 1.72. The fourth-order valence-electron chi connectivity index (χ4n) is 2.27. The van der Waals surface area contributed by atoms with Gasteiger partial charge in [-0.25, -0.2) is 0 Å². The molecular weight excluding hydrogens is 276 g/mol. The third-order valence-corrected chi connectivity index (χ3v) is 3.39. The predicted octanol–water partition coefficient (Wildman–Crippen LogP) is 3.67. The minimum absolute atomic E-state index is 0.563. The molecule has 4 nitrogen and oxygen atoms in total. The predicted molar refractivity (Wildman–Crippen MR) is 86.0 cm³/mol. The summed E-state index contributed by atoms with van der Waals surface area (Å²) in [4.78, 5) is 0. The van der Waals surface area contributed by atoms with Gasteiger partial charge in [0.05, 0.1) is 13.3 Å². The van der Waals surface area contributed by atoms with E-state index in [-0.39, 0.29) is 0 Å². The number of methoxy groups -OCH3 is 1. The Morgan fingerprint density at radius 1 is 1.00 bits per heavy atom. The zero-order chi connectivity index (χ0) is 15.4. The van der Waals surface area contributed by atoms with Gasteiger partial charge in [-0.2, -0.15) is 5.10 Å². The smallest absolute Gasteiger partial charge is 0.164 e. The fourth-order valence-corrected chi connectivity index (χ4v) is 2.27. The van der Waals surface area contributed by atoms with Gasteiger partial charge in [-0.15, -0.1) is 0 Å². The van der Waals surface area contributed by atoms with E-state index in [4.69, 9.17) is 9.47 Å². The van der Waals surface area contributed by atoms with Crippen molar-refractivity contribution in [3.05, 3.63) is 66.4 Å². The molecule has 0 saturated heterocycles. The average molecular weight is 294 g/mol. The molecule has 0 aliphatic carbocycles. The van der Waals surface area contributed by atoms with Crippen molar-refractivity contribution >= 4 is 0 Å². The van der Waals surface area contributed by atoms with Crippen molar-refractivity contribution in [3.8, 4) is 22.8 Å². The van der Waals surface area contributed by atoms with Crippen LogP contribution in [0.3, 0.4) is 0 Å². The highest BCUT2D eigenvalue weighted by molar-refractivity contribution is 5.66. The van der Waals surface area contributed by atoms with Crippen LogP contribution < -0.4 is 9.47 Å². The van der Waals surface area contributed by atoms with E-state index in [9.17, 15) is 0 Å². The van der Waals surface area contributed by atoms with Gasteiger partial charge >= 0.3 is 0 Å². The standard InChI is InChI=1S/C18H18N2O2/c1-20-12-17(21-2)18(19-20)15-8-10-16(11-9-15)22-13-14-6-4-3-5-7-14/h3-12H,13H2,1-2H3. The Morgan fingerprint density at radius 2 is 1.73 bits per heavy atom. The van der Waals surface area contributed by atoms with Crippen LogP contribution in [0, 0.1) is 0 Å². The van der Waals surface area contributed by atoms with Gasteiger partial charge in [-0.05, 0) is 29.8 Å². The lowest BCUT2D eigenvalue weighted by atomic mass is 10.1. The lowest BCUT2D eigenvalue weighted by Gasteiger charge is -2.07. The molecule has 0 saturated carbocycles. The molecule has 3 rings (SSSR count). The first kappa shape index (κ1) is 14.2. The van der Waals surface area contributed by atoms with Gasteiger partial charge < -0.3 is 9.47 Å². The zero-order valence-corrected chi connectivity index (χ0v) is 12.7. The second-order valence-corrected chi connectivity index (χ2v) is 5.02. The highest BCUT2D eigenvalue weighted by Crippen LogP contribution is 2.29. The van der Waals surface area contributed by atoms with Crippen molar-refractivity contribution in [3.63, 3.8) is 0 Å². The molecule has 0 atom stereocenters. The first-order valence-corrected chi connectivity index (χ1v) is 7.11. The van der Waals surface area contributed by atoms with Crippen LogP contribution in [-0.4, -0.2) is 16.9 Å². The number of benzene rings is 2. The number of aromatic nitrogens is 2. The van der Waals surface area contributed by atoms with Crippen molar-refractivity contribution in [1.29, 1.82) is 0 Å². The summed E-state index contributed by atoms with van der Waals surface area (Å²) in [5.41, 5.74) is 2.99. The van der Waals surface area contributed by atoms with Crippen LogP contribution in [0.15, 0.2) is 60.8 Å². The first-order chi connectivity index (χ1) is 10.8. The highest BCUT2D eigenvalue weighted by atomic mass is 16.5. The molecule has 4 heteroatoms. The lowest BCUT2D eigenvalue weighted by molar-refractivity contribution is 0.306. The molecule has 1 heterocycles. The number of hydrogen-bond acceptors (Lipinski definition) is 3. The molecule has 0 aliphatic heterocycles. The Morgan fingerprint density at radius 3 is 2.41 bits per heavy atom. The SMILES string of the molecule is COc1cn(C)nc1-c1ccc(OCc2ccccc2)cc1. The van der Waals surface area contributed by atoms with Crippen LogP contribution in [-0.2, 0) is 13.7 Å². The second kappa shape index (κ2) is 6.35. The lowest BCUT2D eigenvalue weighted by Crippen LogP contribution is -1.95. The Hall–Kier alpha value is -2.75. The summed E-state index contributed by atoms with van der Waals surface area (Å²) in [6, 6.07) is 18.0. The molecule has 0 radical (unpaired) electrons. The van der Waals surface area contributed by atoms with Gasteiger partial charge in [0.2, 0.25) is 0 Å². The van der Waals surface area contributed by atoms with Crippen LogP contribution in [0.25, 0.3) is 11.3 Å². The molecule has 0 bridgehead atoms. The third-order valence-electron chi connectivity index (χ3n) is 3.39. The van der Waals surface area contributed by atoms with E-state index in [0.717, 1.165) is 28.3 Å². The molecule has 0 aliphatic rings. The average Bonchev–Trinajstić information content (AvgIpc) is 2.95. The molecule has 0 amide bonds. The topological polar surface area (TPSA) is 36.3 Å². The number of rotatable bonds is 5. The zero-order valence-electron chi connectivity index (χ0n) is 12.7. The van der Waals surface area contributed by atoms with Crippen LogP contribution in [0.5, 0.6) is 11.5 Å². The van der Waals surface area contributed by atoms with Gasteiger partial charge in [0.1, 0.15) is 18.1 Å². The van der Waals surface area contributed by atoms with Gasteiger partial charge in [0, 0.05) is 12.6 Å². The van der Waals surface area contributed by atoms with Crippen LogP contribution >= 0.6 is 0 Å². The van der Waals surface area contributed by atoms with E-state index < -0.39 is 0 Å². The van der Waals surface area contributed by atoms with Gasteiger partial charge in [-0.3, -0.25) is 4.68 Å². The number of ether oxygens (including phenoxy) is 2. The summed E-state index contributed by atoms with van der Waals surface area (Å²) in [5, 5.41) is 4.43. The molecule has 22 heavy (non-hydrogen) atoms. The molecule has 0 unspecified atom stereocenters. The summed E-state index contributed by atoms with van der Waals surface area (Å²) < 4.78 is 12.9. The van der Waals surface area contributed by atoms with Crippen molar-refractivity contribution in [2.75, 3.05) is 7.11 Å². The molecule has 0 N–H and O–H groups in total. The molecule has 0 spiro atoms. The molecule has 2 aromatic carbocycles. The normalized spacial score (nSPS) is 10.5. The number of aryl methyl sites for hydroxylation is 1. The summed E-state index contributed by atoms with van der Waals surface area (Å²) >= 11 is 0. The van der Waals surface area contributed by atoms with Crippen LogP contribution in [0.2, 0.25) is 0 Å². The van der Waals surface area contributed by atoms with E-state index in [1.807, 2.05) is 67.8 Å². The van der Waals surface area contributed by atoms with E-state index in [1.165, 1.54) is 0 Å². The van der Waals surface area contributed by atoms with Crippen molar-refractivity contribution in [2.45, 2.75) is 6.61 Å². The quantitative estimate of drug-likeness (QED) is 0.720. The summed E-state index contributed by atoms with van der Waals surface area (Å²) in [5.74, 6) is 1.60. The molecule has 0 fully saturated rings. The maximum atomic E-state index is 5.79. The first-order valence-electron chi connectivity index (χ1n) is 7.11. The van der Waals surface area contributed by atoms with Crippen molar-refractivity contribution in [1.82, 2.24) is 9.78 Å². The number of nitrogens with zero attached hydrogens (tertiary/aromatic N) is 2. The largest absolute Gasteiger partial charge is 0.493 e. The van der Waals surface area contributed by atoms with Crippen molar-refractivity contribution < 1.29 is 9.47 Å². The molecule has 3 aromatic rings. The second-order valence-electron chi connectivity index (χ2n) is 5.02. The molecule has 1 aromatic heterocycles. The Bertz CT molecular complexity index is 734. The molecule has 112 valence electrons. The van der Waals surface area contributed by atoms with Gasteiger partial charge in [-0.1, -0.05) is 30.3 Å². The van der Waals surface area contributed by atoms with E-state index in [0.29, 0.717) is 6.61 Å². The summed E-state index contributed by atoms with van der Waals surface area (Å²) in [6.07, 6.45) is 1.86. The van der Waals surface area contributed by atoms with Gasteiger partial charge in [0.15, 0.2) is 5.75 Å². The van der Waals surface area contributed by atoms with Crippen molar-refractivity contribution in [2.24, 2.45) is 7.05 Å². The Labute approximate surface area is 129 Å². The van der Waals surface area contributed by atoms with E-state index in [1.54, 1.807) is 11.8 Å². The maximum Gasteiger partial charge on any atom is 0.164 e. The fraction of sp³-hybridized carbons (Fsp3) is 0.167. The van der Waals surface area contributed by atoms with Crippen LogP contribution in [0.1, 0.15) is 5.56 Å². The third kappa shape index (κ3) is 3.11. The van der Waals surface area contributed by atoms with E-state index >= 15 is 0 Å². The highest BCUT2D eigenvalue weighted by Gasteiger charge is 2.10. The number of hydrogen-bond donors (Lipinski definition) is 0. The van der Waals surface area contributed by atoms with Crippen LogP contribution in [0.4, 0.5) is 0 Å². The van der Waals surface area contributed by atoms with Gasteiger partial charge in [0.25, 0.3) is 0 Å². The Kier molecular flexibility index (Phi) is 4.10. The monoisotopic (exact) mass is 294 g/mol. The van der Waals surface area contributed by atoms with E-state index in [2.05, 4.69) is 5.10 Å². The maximum absolute atomic E-state index is 5.79.